The molecule has 2 heterocycles. The van der Waals surface area contributed by atoms with Crippen LogP contribution >= 0.6 is 11.3 Å². The number of hydrogen-bond acceptors (Lipinski definition) is 4. The Balaban J connectivity index is 1.78. The maximum atomic E-state index is 5.36. The lowest BCUT2D eigenvalue weighted by atomic mass is 10.2. The number of thiazole rings is 1. The summed E-state index contributed by atoms with van der Waals surface area (Å²) in [5.74, 6) is 2.11. The summed E-state index contributed by atoms with van der Waals surface area (Å²) in [5.41, 5.74) is 2.09. The molecule has 0 amide bonds. The highest BCUT2D eigenvalue weighted by Gasteiger charge is 2.12. The fourth-order valence-electron chi connectivity index (χ4n) is 1.84. The quantitative estimate of drug-likeness (QED) is 0.841. The summed E-state index contributed by atoms with van der Waals surface area (Å²) >= 11 is 1.71. The molecule has 98 valence electrons. The van der Waals surface area contributed by atoms with Gasteiger partial charge in [0.05, 0.1) is 10.7 Å². The third-order valence-corrected chi connectivity index (χ3v) is 4.04. The van der Waals surface area contributed by atoms with Gasteiger partial charge in [0.1, 0.15) is 0 Å². The van der Waals surface area contributed by atoms with E-state index in [-0.39, 0.29) is 0 Å². The molecule has 0 spiro atoms. The minimum atomic E-state index is 0.312. The van der Waals surface area contributed by atoms with E-state index in [9.17, 15) is 0 Å². The van der Waals surface area contributed by atoms with Crippen molar-refractivity contribution in [2.45, 2.75) is 19.8 Å². The standard InChI is InChI=1S/C15H15NO2S/c1-10(2)15-16-12(8-19-15)5-3-11-4-6-13-14(7-11)18-9-17-13/h3-8,10H,9H2,1-2H3/b5-3+. The Labute approximate surface area is 116 Å². The average molecular weight is 273 g/mol. The number of rotatable bonds is 3. The molecule has 0 N–H and O–H groups in total. The van der Waals surface area contributed by atoms with Crippen LogP contribution in [0, 0.1) is 0 Å². The van der Waals surface area contributed by atoms with Crippen molar-refractivity contribution < 1.29 is 9.47 Å². The Hall–Kier alpha value is -1.81. The topological polar surface area (TPSA) is 31.4 Å². The highest BCUT2D eigenvalue weighted by molar-refractivity contribution is 7.09. The van der Waals surface area contributed by atoms with Crippen LogP contribution in [0.5, 0.6) is 11.5 Å². The Kier molecular flexibility index (Phi) is 3.25. The van der Waals surface area contributed by atoms with Crippen LogP contribution in [0.4, 0.5) is 0 Å². The van der Waals surface area contributed by atoms with Crippen LogP contribution < -0.4 is 9.47 Å². The first-order chi connectivity index (χ1) is 9.22. The zero-order valence-electron chi connectivity index (χ0n) is 10.9. The summed E-state index contributed by atoms with van der Waals surface area (Å²) in [7, 11) is 0. The van der Waals surface area contributed by atoms with Crippen molar-refractivity contribution in [3.8, 4) is 11.5 Å². The van der Waals surface area contributed by atoms with E-state index in [2.05, 4.69) is 24.2 Å². The first-order valence-corrected chi connectivity index (χ1v) is 7.13. The number of aromatic nitrogens is 1. The first-order valence-electron chi connectivity index (χ1n) is 6.25. The van der Waals surface area contributed by atoms with Gasteiger partial charge in [-0.15, -0.1) is 11.3 Å². The van der Waals surface area contributed by atoms with Crippen molar-refractivity contribution >= 4 is 23.5 Å². The molecule has 3 nitrogen and oxygen atoms in total. The molecule has 0 radical (unpaired) electrons. The smallest absolute Gasteiger partial charge is 0.231 e. The predicted molar refractivity (Wildman–Crippen MR) is 77.7 cm³/mol. The minimum Gasteiger partial charge on any atom is -0.454 e. The maximum absolute atomic E-state index is 5.36. The maximum Gasteiger partial charge on any atom is 0.231 e. The second-order valence-corrected chi connectivity index (χ2v) is 5.60. The zero-order chi connectivity index (χ0) is 13.2. The van der Waals surface area contributed by atoms with Crippen molar-refractivity contribution in [3.63, 3.8) is 0 Å². The van der Waals surface area contributed by atoms with Gasteiger partial charge in [0.15, 0.2) is 11.5 Å². The molecule has 4 heteroatoms. The summed E-state index contributed by atoms with van der Waals surface area (Å²) in [6.07, 6.45) is 4.07. The summed E-state index contributed by atoms with van der Waals surface area (Å²) in [6, 6.07) is 5.93. The summed E-state index contributed by atoms with van der Waals surface area (Å²) in [5, 5.41) is 3.25. The summed E-state index contributed by atoms with van der Waals surface area (Å²) < 4.78 is 10.6. The normalized spacial score (nSPS) is 13.6. The number of fused-ring (bicyclic) bond motifs is 1. The van der Waals surface area contributed by atoms with Crippen LogP contribution in [0.25, 0.3) is 12.2 Å². The average Bonchev–Trinajstić information content (AvgIpc) is 3.04. The fraction of sp³-hybridized carbons (Fsp3) is 0.267. The SMILES string of the molecule is CC(C)c1nc(/C=C/c2ccc3c(c2)OCO3)cs1. The summed E-state index contributed by atoms with van der Waals surface area (Å²) in [4.78, 5) is 4.57. The number of ether oxygens (including phenoxy) is 2. The van der Waals surface area contributed by atoms with Crippen LogP contribution in [0.1, 0.15) is 36.0 Å². The Morgan fingerprint density at radius 3 is 2.84 bits per heavy atom. The van der Waals surface area contributed by atoms with Gasteiger partial charge in [0.25, 0.3) is 0 Å². The molecule has 0 unspecified atom stereocenters. The van der Waals surface area contributed by atoms with E-state index in [1.807, 2.05) is 30.4 Å². The van der Waals surface area contributed by atoms with Gasteiger partial charge in [-0.3, -0.25) is 0 Å². The van der Waals surface area contributed by atoms with Crippen molar-refractivity contribution in [1.29, 1.82) is 0 Å². The van der Waals surface area contributed by atoms with Crippen LogP contribution in [0.2, 0.25) is 0 Å². The van der Waals surface area contributed by atoms with Crippen molar-refractivity contribution in [1.82, 2.24) is 4.98 Å². The molecule has 0 saturated heterocycles. The van der Waals surface area contributed by atoms with Crippen LogP contribution in [-0.4, -0.2) is 11.8 Å². The third-order valence-electron chi connectivity index (χ3n) is 2.88. The van der Waals surface area contributed by atoms with E-state index in [1.54, 1.807) is 11.3 Å². The molecule has 1 aliphatic heterocycles. The molecule has 2 aromatic rings. The van der Waals surface area contributed by atoms with Crippen molar-refractivity contribution in [3.05, 3.63) is 39.8 Å². The molecule has 0 bridgehead atoms. The third kappa shape index (κ3) is 2.63. The van der Waals surface area contributed by atoms with E-state index in [0.29, 0.717) is 12.7 Å². The number of benzene rings is 1. The molecule has 0 saturated carbocycles. The second-order valence-electron chi connectivity index (χ2n) is 4.71. The van der Waals surface area contributed by atoms with E-state index in [4.69, 9.17) is 9.47 Å². The number of hydrogen-bond donors (Lipinski definition) is 0. The van der Waals surface area contributed by atoms with E-state index < -0.39 is 0 Å². The lowest BCUT2D eigenvalue weighted by molar-refractivity contribution is 0.174. The summed E-state index contributed by atoms with van der Waals surface area (Å²) in [6.45, 7) is 4.63. The number of nitrogens with zero attached hydrogens (tertiary/aromatic N) is 1. The Bertz CT molecular complexity index is 616. The predicted octanol–water partition coefficient (Wildman–Crippen LogP) is 4.17. The van der Waals surface area contributed by atoms with Gasteiger partial charge >= 0.3 is 0 Å². The first kappa shape index (κ1) is 12.2. The monoisotopic (exact) mass is 273 g/mol. The second kappa shape index (κ2) is 5.05. The van der Waals surface area contributed by atoms with Gasteiger partial charge in [-0.1, -0.05) is 26.0 Å². The lowest BCUT2D eigenvalue weighted by Gasteiger charge is -1.97. The Morgan fingerprint density at radius 1 is 1.21 bits per heavy atom. The minimum absolute atomic E-state index is 0.312. The van der Waals surface area contributed by atoms with Crippen molar-refractivity contribution in [2.24, 2.45) is 0 Å². The van der Waals surface area contributed by atoms with Crippen molar-refractivity contribution in [2.75, 3.05) is 6.79 Å². The molecule has 19 heavy (non-hydrogen) atoms. The zero-order valence-corrected chi connectivity index (χ0v) is 11.7. The van der Waals surface area contributed by atoms with Gasteiger partial charge in [0, 0.05) is 11.3 Å². The largest absolute Gasteiger partial charge is 0.454 e. The van der Waals surface area contributed by atoms with Gasteiger partial charge in [0.2, 0.25) is 6.79 Å². The molecule has 3 rings (SSSR count). The lowest BCUT2D eigenvalue weighted by Crippen LogP contribution is -1.92. The van der Waals surface area contributed by atoms with Crippen LogP contribution in [-0.2, 0) is 0 Å². The van der Waals surface area contributed by atoms with Crippen LogP contribution in [0.3, 0.4) is 0 Å². The van der Waals surface area contributed by atoms with Gasteiger partial charge < -0.3 is 9.47 Å². The molecule has 1 aromatic carbocycles. The van der Waals surface area contributed by atoms with E-state index >= 15 is 0 Å². The fourth-order valence-corrected chi connectivity index (χ4v) is 2.64. The van der Waals surface area contributed by atoms with E-state index in [0.717, 1.165) is 22.8 Å². The molecule has 0 fully saturated rings. The molecule has 0 aliphatic carbocycles. The molecular weight excluding hydrogens is 258 g/mol. The highest BCUT2D eigenvalue weighted by Crippen LogP contribution is 2.33. The molecule has 1 aliphatic rings. The van der Waals surface area contributed by atoms with Gasteiger partial charge in [-0.2, -0.15) is 0 Å². The van der Waals surface area contributed by atoms with Gasteiger partial charge in [-0.05, 0) is 23.8 Å². The van der Waals surface area contributed by atoms with E-state index in [1.165, 1.54) is 5.01 Å². The molecule has 1 aromatic heterocycles. The molecular formula is C15H15NO2S. The molecule has 0 atom stereocenters. The Morgan fingerprint density at radius 2 is 2.05 bits per heavy atom. The van der Waals surface area contributed by atoms with Crippen LogP contribution in [0.15, 0.2) is 23.6 Å². The highest BCUT2D eigenvalue weighted by atomic mass is 32.1. The van der Waals surface area contributed by atoms with Gasteiger partial charge in [-0.25, -0.2) is 4.98 Å².